The number of hydrogen-bond donors (Lipinski definition) is 1. The van der Waals surface area contributed by atoms with Crippen LogP contribution in [0.4, 0.5) is 0 Å². The van der Waals surface area contributed by atoms with Crippen LogP contribution in [0.1, 0.15) is 24.2 Å². The van der Waals surface area contributed by atoms with Gasteiger partial charge >= 0.3 is 0 Å². The molecule has 1 unspecified atom stereocenters. The lowest BCUT2D eigenvalue weighted by Crippen LogP contribution is -2.10. The van der Waals surface area contributed by atoms with Crippen LogP contribution < -0.4 is 5.73 Å². The molecule has 1 heterocycles. The maximum Gasteiger partial charge on any atom is 0.139 e. The minimum Gasteiger partial charge on any atom is -0.330 e. The number of aromatic nitrogens is 2. The van der Waals surface area contributed by atoms with Crippen molar-refractivity contribution in [2.45, 2.75) is 19.9 Å². The molecule has 0 amide bonds. The van der Waals surface area contributed by atoms with Crippen LogP contribution in [0.5, 0.6) is 0 Å². The molecule has 0 aliphatic heterocycles. The van der Waals surface area contributed by atoms with Crippen molar-refractivity contribution in [3.63, 3.8) is 0 Å². The molecule has 1 atom stereocenters. The molecule has 0 spiro atoms. The Kier molecular flexibility index (Phi) is 2.79. The zero-order valence-electron chi connectivity index (χ0n) is 9.94. The summed E-state index contributed by atoms with van der Waals surface area (Å²) in [7, 11) is 2.00. The van der Waals surface area contributed by atoms with Crippen LogP contribution >= 0.6 is 0 Å². The topological polar surface area (TPSA) is 43.8 Å². The number of imidazole rings is 1. The number of aryl methyl sites for hydroxylation is 1. The quantitative estimate of drug-likeness (QED) is 0.836. The zero-order valence-corrected chi connectivity index (χ0v) is 9.94. The molecule has 0 saturated carbocycles. The Balaban J connectivity index is 2.45. The standard InChI is InChI=1S/C13H17N3/c1-9-4-6-11(7-5-9)13-15-8-12(10(2)14)16(13)3/h4-8,10H,14H2,1-3H3. The Bertz CT molecular complexity index is 480. The monoisotopic (exact) mass is 215 g/mol. The molecule has 0 bridgehead atoms. The average Bonchev–Trinajstić information content (AvgIpc) is 2.61. The van der Waals surface area contributed by atoms with Crippen molar-refractivity contribution in [1.29, 1.82) is 0 Å². The Morgan fingerprint density at radius 2 is 1.88 bits per heavy atom. The Hall–Kier alpha value is -1.61. The second-order valence-electron chi connectivity index (χ2n) is 4.22. The maximum atomic E-state index is 5.87. The van der Waals surface area contributed by atoms with Gasteiger partial charge in [0, 0.05) is 18.7 Å². The number of nitrogens with zero attached hydrogens (tertiary/aromatic N) is 2. The zero-order chi connectivity index (χ0) is 11.7. The second kappa shape index (κ2) is 4.10. The van der Waals surface area contributed by atoms with Gasteiger partial charge in [-0.3, -0.25) is 0 Å². The van der Waals surface area contributed by atoms with Gasteiger partial charge in [0.15, 0.2) is 0 Å². The highest BCUT2D eigenvalue weighted by Crippen LogP contribution is 2.21. The van der Waals surface area contributed by atoms with Gasteiger partial charge in [-0.1, -0.05) is 29.8 Å². The minimum absolute atomic E-state index is 0.0108. The third-order valence-corrected chi connectivity index (χ3v) is 2.80. The largest absolute Gasteiger partial charge is 0.330 e. The van der Waals surface area contributed by atoms with Crippen LogP contribution in [0.2, 0.25) is 0 Å². The highest BCUT2D eigenvalue weighted by atomic mass is 15.1. The van der Waals surface area contributed by atoms with E-state index in [-0.39, 0.29) is 6.04 Å². The van der Waals surface area contributed by atoms with E-state index in [9.17, 15) is 0 Å². The van der Waals surface area contributed by atoms with Crippen LogP contribution in [-0.2, 0) is 7.05 Å². The van der Waals surface area contributed by atoms with Gasteiger partial charge in [0.2, 0.25) is 0 Å². The molecule has 0 fully saturated rings. The van der Waals surface area contributed by atoms with Crippen molar-refractivity contribution in [3.05, 3.63) is 41.7 Å². The van der Waals surface area contributed by atoms with Gasteiger partial charge in [-0.2, -0.15) is 0 Å². The van der Waals surface area contributed by atoms with E-state index in [1.165, 1.54) is 5.56 Å². The highest BCUT2D eigenvalue weighted by molar-refractivity contribution is 5.56. The van der Waals surface area contributed by atoms with Gasteiger partial charge in [-0.25, -0.2) is 4.98 Å². The molecule has 2 rings (SSSR count). The average molecular weight is 215 g/mol. The van der Waals surface area contributed by atoms with Crippen molar-refractivity contribution in [3.8, 4) is 11.4 Å². The van der Waals surface area contributed by atoms with Gasteiger partial charge in [0.25, 0.3) is 0 Å². The smallest absolute Gasteiger partial charge is 0.139 e. The van der Waals surface area contributed by atoms with Crippen molar-refractivity contribution >= 4 is 0 Å². The molecule has 2 aromatic rings. The Morgan fingerprint density at radius 1 is 1.25 bits per heavy atom. The fraction of sp³-hybridized carbons (Fsp3) is 0.308. The predicted molar refractivity (Wildman–Crippen MR) is 66.0 cm³/mol. The lowest BCUT2D eigenvalue weighted by atomic mass is 10.1. The molecule has 1 aromatic carbocycles. The van der Waals surface area contributed by atoms with Crippen molar-refractivity contribution in [2.24, 2.45) is 12.8 Å². The normalized spacial score (nSPS) is 12.8. The summed E-state index contributed by atoms with van der Waals surface area (Å²) in [5.41, 5.74) is 9.30. The molecule has 1 aromatic heterocycles. The number of nitrogens with two attached hydrogens (primary N) is 1. The summed E-state index contributed by atoms with van der Waals surface area (Å²) in [4.78, 5) is 4.42. The van der Waals surface area contributed by atoms with E-state index >= 15 is 0 Å². The van der Waals surface area contributed by atoms with E-state index in [0.29, 0.717) is 0 Å². The minimum atomic E-state index is 0.0108. The third-order valence-electron chi connectivity index (χ3n) is 2.80. The van der Waals surface area contributed by atoms with Crippen molar-refractivity contribution in [1.82, 2.24) is 9.55 Å². The molecule has 84 valence electrons. The summed E-state index contributed by atoms with van der Waals surface area (Å²) in [6, 6.07) is 8.37. The van der Waals surface area contributed by atoms with E-state index < -0.39 is 0 Å². The fourth-order valence-electron chi connectivity index (χ4n) is 1.82. The van der Waals surface area contributed by atoms with E-state index in [0.717, 1.165) is 17.1 Å². The highest BCUT2D eigenvalue weighted by Gasteiger charge is 2.10. The van der Waals surface area contributed by atoms with E-state index in [2.05, 4.69) is 40.7 Å². The van der Waals surface area contributed by atoms with Crippen molar-refractivity contribution < 1.29 is 0 Å². The molecule has 3 heteroatoms. The van der Waals surface area contributed by atoms with Gasteiger partial charge in [0.1, 0.15) is 5.82 Å². The van der Waals surface area contributed by atoms with Crippen LogP contribution in [0, 0.1) is 6.92 Å². The summed E-state index contributed by atoms with van der Waals surface area (Å²) in [6.07, 6.45) is 1.85. The molecule has 0 radical (unpaired) electrons. The van der Waals surface area contributed by atoms with E-state index in [4.69, 9.17) is 5.73 Å². The first-order valence-corrected chi connectivity index (χ1v) is 5.44. The van der Waals surface area contributed by atoms with Gasteiger partial charge < -0.3 is 10.3 Å². The maximum absolute atomic E-state index is 5.87. The Morgan fingerprint density at radius 3 is 2.38 bits per heavy atom. The van der Waals surface area contributed by atoms with E-state index in [1.807, 2.05) is 20.2 Å². The molecular weight excluding hydrogens is 198 g/mol. The third kappa shape index (κ3) is 1.86. The number of rotatable bonds is 2. The first kappa shape index (κ1) is 10.9. The summed E-state index contributed by atoms with van der Waals surface area (Å²) in [5.74, 6) is 0.965. The summed E-state index contributed by atoms with van der Waals surface area (Å²) in [5, 5.41) is 0. The Labute approximate surface area is 95.9 Å². The SMILES string of the molecule is Cc1ccc(-c2ncc(C(C)N)n2C)cc1. The van der Waals surface area contributed by atoms with Gasteiger partial charge in [0.05, 0.1) is 11.9 Å². The first-order valence-electron chi connectivity index (χ1n) is 5.44. The molecule has 0 aliphatic carbocycles. The first-order chi connectivity index (χ1) is 7.59. The molecule has 2 N–H and O–H groups in total. The van der Waals surface area contributed by atoms with Gasteiger partial charge in [-0.15, -0.1) is 0 Å². The predicted octanol–water partition coefficient (Wildman–Crippen LogP) is 2.42. The summed E-state index contributed by atoms with van der Waals surface area (Å²) >= 11 is 0. The summed E-state index contributed by atoms with van der Waals surface area (Å²) < 4.78 is 2.05. The van der Waals surface area contributed by atoms with Crippen LogP contribution in [0.15, 0.2) is 30.5 Å². The molecule has 0 saturated heterocycles. The van der Waals surface area contributed by atoms with Gasteiger partial charge in [-0.05, 0) is 13.8 Å². The molecule has 3 nitrogen and oxygen atoms in total. The molecule has 0 aliphatic rings. The summed E-state index contributed by atoms with van der Waals surface area (Å²) in [6.45, 7) is 4.05. The van der Waals surface area contributed by atoms with Crippen LogP contribution in [-0.4, -0.2) is 9.55 Å². The molecule has 16 heavy (non-hydrogen) atoms. The van der Waals surface area contributed by atoms with Crippen LogP contribution in [0.3, 0.4) is 0 Å². The second-order valence-corrected chi connectivity index (χ2v) is 4.22. The fourth-order valence-corrected chi connectivity index (χ4v) is 1.82. The lowest BCUT2D eigenvalue weighted by Gasteiger charge is -2.08. The van der Waals surface area contributed by atoms with E-state index in [1.54, 1.807) is 0 Å². The number of hydrogen-bond acceptors (Lipinski definition) is 2. The van der Waals surface area contributed by atoms with Crippen LogP contribution in [0.25, 0.3) is 11.4 Å². The lowest BCUT2D eigenvalue weighted by molar-refractivity contribution is 0.718. The number of benzene rings is 1. The molecular formula is C13H17N3. The van der Waals surface area contributed by atoms with Crippen molar-refractivity contribution in [2.75, 3.05) is 0 Å².